The standard InChI is InChI=1S/C17H21ClN4/c1-2-16-20-11-15(22-9-7-14(19)8-10-22)17(21-16)12-3-5-13(18)6-4-12/h3-6,11,14H,2,7-10,19H2,1H3. The molecule has 1 fully saturated rings. The van der Waals surface area contributed by atoms with Crippen molar-refractivity contribution in [2.24, 2.45) is 5.73 Å². The number of aromatic nitrogens is 2. The molecule has 0 unspecified atom stereocenters. The highest BCUT2D eigenvalue weighted by atomic mass is 35.5. The predicted molar refractivity (Wildman–Crippen MR) is 91.3 cm³/mol. The molecule has 3 rings (SSSR count). The molecule has 1 aromatic heterocycles. The number of piperidine rings is 1. The third-order valence-electron chi connectivity index (χ3n) is 4.13. The summed E-state index contributed by atoms with van der Waals surface area (Å²) in [5.74, 6) is 0.863. The van der Waals surface area contributed by atoms with Gasteiger partial charge in [0.25, 0.3) is 0 Å². The van der Waals surface area contributed by atoms with Gasteiger partial charge in [0, 0.05) is 36.1 Å². The van der Waals surface area contributed by atoms with E-state index in [9.17, 15) is 0 Å². The first-order chi connectivity index (χ1) is 10.7. The Hall–Kier alpha value is -1.65. The van der Waals surface area contributed by atoms with Gasteiger partial charge in [-0.15, -0.1) is 0 Å². The number of halogens is 1. The SMILES string of the molecule is CCc1ncc(N2CCC(N)CC2)c(-c2ccc(Cl)cc2)n1. The first kappa shape index (κ1) is 15.3. The van der Waals surface area contributed by atoms with Gasteiger partial charge in [-0.1, -0.05) is 30.7 Å². The molecule has 0 saturated carbocycles. The Kier molecular flexibility index (Phi) is 4.60. The van der Waals surface area contributed by atoms with E-state index in [2.05, 4.69) is 16.8 Å². The number of hydrogen-bond acceptors (Lipinski definition) is 4. The maximum Gasteiger partial charge on any atom is 0.128 e. The summed E-state index contributed by atoms with van der Waals surface area (Å²) in [6, 6.07) is 8.15. The second-order valence-corrected chi connectivity index (χ2v) is 6.14. The van der Waals surface area contributed by atoms with Gasteiger partial charge in [0.05, 0.1) is 17.6 Å². The fraction of sp³-hybridized carbons (Fsp3) is 0.412. The minimum absolute atomic E-state index is 0.311. The van der Waals surface area contributed by atoms with E-state index >= 15 is 0 Å². The van der Waals surface area contributed by atoms with E-state index < -0.39 is 0 Å². The van der Waals surface area contributed by atoms with Gasteiger partial charge < -0.3 is 10.6 Å². The Bertz CT molecular complexity index is 634. The summed E-state index contributed by atoms with van der Waals surface area (Å²) in [5, 5.41) is 0.735. The quantitative estimate of drug-likeness (QED) is 0.944. The molecule has 2 heterocycles. The fourth-order valence-corrected chi connectivity index (χ4v) is 2.90. The summed E-state index contributed by atoms with van der Waals surface area (Å²) < 4.78 is 0. The highest BCUT2D eigenvalue weighted by Gasteiger charge is 2.20. The van der Waals surface area contributed by atoms with E-state index in [-0.39, 0.29) is 0 Å². The van der Waals surface area contributed by atoms with E-state index in [1.807, 2.05) is 30.5 Å². The molecule has 1 saturated heterocycles. The van der Waals surface area contributed by atoms with Crippen LogP contribution >= 0.6 is 11.6 Å². The van der Waals surface area contributed by atoms with Crippen molar-refractivity contribution in [1.82, 2.24) is 9.97 Å². The molecule has 116 valence electrons. The second-order valence-electron chi connectivity index (χ2n) is 5.71. The van der Waals surface area contributed by atoms with Crippen LogP contribution in [0.1, 0.15) is 25.6 Å². The highest BCUT2D eigenvalue weighted by Crippen LogP contribution is 2.31. The van der Waals surface area contributed by atoms with E-state index in [1.54, 1.807) is 0 Å². The van der Waals surface area contributed by atoms with E-state index in [0.29, 0.717) is 6.04 Å². The highest BCUT2D eigenvalue weighted by molar-refractivity contribution is 6.30. The van der Waals surface area contributed by atoms with E-state index in [0.717, 1.165) is 60.1 Å². The molecule has 22 heavy (non-hydrogen) atoms. The third kappa shape index (κ3) is 3.23. The Morgan fingerprint density at radius 2 is 1.91 bits per heavy atom. The Morgan fingerprint density at radius 3 is 2.55 bits per heavy atom. The largest absolute Gasteiger partial charge is 0.368 e. The lowest BCUT2D eigenvalue weighted by Gasteiger charge is -2.32. The number of aryl methyl sites for hydroxylation is 1. The van der Waals surface area contributed by atoms with Crippen molar-refractivity contribution in [2.75, 3.05) is 18.0 Å². The van der Waals surface area contributed by atoms with Crippen molar-refractivity contribution in [2.45, 2.75) is 32.2 Å². The maximum absolute atomic E-state index is 6.01. The average Bonchev–Trinajstić information content (AvgIpc) is 2.56. The van der Waals surface area contributed by atoms with Crippen LogP contribution in [0.4, 0.5) is 5.69 Å². The van der Waals surface area contributed by atoms with Gasteiger partial charge in [0.15, 0.2) is 0 Å². The van der Waals surface area contributed by atoms with Crippen LogP contribution in [-0.2, 0) is 6.42 Å². The lowest BCUT2D eigenvalue weighted by Crippen LogP contribution is -2.40. The average molecular weight is 317 g/mol. The van der Waals surface area contributed by atoms with Crippen LogP contribution < -0.4 is 10.6 Å². The molecule has 0 amide bonds. The number of rotatable bonds is 3. The summed E-state index contributed by atoms with van der Waals surface area (Å²) in [6.45, 7) is 3.98. The molecule has 5 heteroatoms. The molecule has 4 nitrogen and oxygen atoms in total. The normalized spacial score (nSPS) is 16.0. The van der Waals surface area contributed by atoms with Gasteiger partial charge in [0.2, 0.25) is 0 Å². The van der Waals surface area contributed by atoms with Gasteiger partial charge in [-0.05, 0) is 25.0 Å². The Labute approximate surface area is 136 Å². The molecule has 1 aromatic carbocycles. The molecule has 2 aromatic rings. The lowest BCUT2D eigenvalue weighted by molar-refractivity contribution is 0.501. The van der Waals surface area contributed by atoms with E-state index in [4.69, 9.17) is 22.3 Å². The molecular weight excluding hydrogens is 296 g/mol. The summed E-state index contributed by atoms with van der Waals surface area (Å²) in [5.41, 5.74) is 9.16. The van der Waals surface area contributed by atoms with Gasteiger partial charge in [-0.3, -0.25) is 0 Å². The zero-order valence-electron chi connectivity index (χ0n) is 12.8. The van der Waals surface area contributed by atoms with Crippen LogP contribution in [0.25, 0.3) is 11.3 Å². The smallest absolute Gasteiger partial charge is 0.128 e. The first-order valence-corrected chi connectivity index (χ1v) is 8.17. The van der Waals surface area contributed by atoms with Crippen molar-refractivity contribution in [1.29, 1.82) is 0 Å². The monoisotopic (exact) mass is 316 g/mol. The van der Waals surface area contributed by atoms with E-state index in [1.165, 1.54) is 0 Å². The topological polar surface area (TPSA) is 55.0 Å². The number of anilines is 1. The Morgan fingerprint density at radius 1 is 1.23 bits per heavy atom. The maximum atomic E-state index is 6.01. The van der Waals surface area contributed by atoms with Crippen LogP contribution in [0, 0.1) is 0 Å². The van der Waals surface area contributed by atoms with Crippen LogP contribution in [-0.4, -0.2) is 29.1 Å². The van der Waals surface area contributed by atoms with Gasteiger partial charge in [-0.25, -0.2) is 9.97 Å². The molecule has 0 atom stereocenters. The number of nitrogens with two attached hydrogens (primary N) is 1. The number of benzene rings is 1. The van der Waals surface area contributed by atoms with Gasteiger partial charge in [-0.2, -0.15) is 0 Å². The third-order valence-corrected chi connectivity index (χ3v) is 4.39. The zero-order chi connectivity index (χ0) is 15.5. The molecule has 0 bridgehead atoms. The molecule has 0 aliphatic carbocycles. The van der Waals surface area contributed by atoms with Crippen LogP contribution in [0.15, 0.2) is 30.5 Å². The van der Waals surface area contributed by atoms with Crippen LogP contribution in [0.3, 0.4) is 0 Å². The fourth-order valence-electron chi connectivity index (χ4n) is 2.77. The van der Waals surface area contributed by atoms with Crippen molar-refractivity contribution in [3.05, 3.63) is 41.3 Å². The summed E-state index contributed by atoms with van der Waals surface area (Å²) in [4.78, 5) is 11.6. The second kappa shape index (κ2) is 6.63. The summed E-state index contributed by atoms with van der Waals surface area (Å²) in [6.07, 6.45) is 4.80. The molecule has 0 spiro atoms. The van der Waals surface area contributed by atoms with Gasteiger partial charge >= 0.3 is 0 Å². The zero-order valence-corrected chi connectivity index (χ0v) is 13.6. The number of nitrogens with zero attached hydrogens (tertiary/aromatic N) is 3. The molecule has 1 aliphatic rings. The summed E-state index contributed by atoms with van der Waals surface area (Å²) in [7, 11) is 0. The van der Waals surface area contributed by atoms with Crippen molar-refractivity contribution in [3.63, 3.8) is 0 Å². The first-order valence-electron chi connectivity index (χ1n) is 7.79. The molecular formula is C17H21ClN4. The minimum Gasteiger partial charge on any atom is -0.368 e. The van der Waals surface area contributed by atoms with Gasteiger partial charge in [0.1, 0.15) is 5.82 Å². The molecule has 2 N–H and O–H groups in total. The van der Waals surface area contributed by atoms with Crippen molar-refractivity contribution in [3.8, 4) is 11.3 Å². The van der Waals surface area contributed by atoms with Crippen LogP contribution in [0.2, 0.25) is 5.02 Å². The van der Waals surface area contributed by atoms with Crippen molar-refractivity contribution < 1.29 is 0 Å². The van der Waals surface area contributed by atoms with Crippen molar-refractivity contribution >= 4 is 17.3 Å². The van der Waals surface area contributed by atoms with Crippen LogP contribution in [0.5, 0.6) is 0 Å². The predicted octanol–water partition coefficient (Wildman–Crippen LogP) is 3.29. The molecule has 1 aliphatic heterocycles. The molecule has 0 radical (unpaired) electrons. The minimum atomic E-state index is 0.311. The lowest BCUT2D eigenvalue weighted by atomic mass is 10.0. The number of hydrogen-bond donors (Lipinski definition) is 1. The Balaban J connectivity index is 2.00. The summed E-state index contributed by atoms with van der Waals surface area (Å²) >= 11 is 6.01.